The van der Waals surface area contributed by atoms with E-state index < -0.39 is 0 Å². The fraction of sp³-hybridized carbons (Fsp3) is 0.708. The zero-order valence-electron chi connectivity index (χ0n) is 35.5. The maximum Gasteiger partial charge on any atom is 0.263 e. The van der Waals surface area contributed by atoms with E-state index in [0.29, 0.717) is 17.7 Å². The lowest BCUT2D eigenvalue weighted by Crippen LogP contribution is -2.31. The highest BCUT2D eigenvalue weighted by Gasteiger charge is 2.41. The number of unbranched alkanes of at least 4 members (excludes halogenated alkanes) is 19. The monoisotopic (exact) mass is 793 g/mol. The summed E-state index contributed by atoms with van der Waals surface area (Å²) < 4.78 is 0. The first-order valence-corrected chi connectivity index (χ1v) is 24.9. The van der Waals surface area contributed by atoms with Crippen LogP contribution in [0, 0.1) is 6.92 Å². The molecule has 1 aliphatic heterocycles. The third-order valence-corrected chi connectivity index (χ3v) is 16.1. The number of carbonyl (C=O) groups excluding carboxylic acids is 2. The van der Waals surface area contributed by atoms with E-state index in [2.05, 4.69) is 60.6 Å². The lowest BCUT2D eigenvalue weighted by molar-refractivity contribution is 0.0651. The van der Waals surface area contributed by atoms with Crippen LogP contribution >= 0.6 is 34.0 Å². The normalized spacial score (nSPS) is 13.2. The molecular formula is C48H75NO2S3. The topological polar surface area (TPSA) is 37.4 Å². The Morgan fingerprint density at radius 3 is 1.50 bits per heavy atom. The first-order valence-electron chi connectivity index (χ1n) is 22.4. The van der Waals surface area contributed by atoms with Crippen LogP contribution in [0.25, 0.3) is 19.5 Å². The highest BCUT2D eigenvalue weighted by atomic mass is 32.1. The molecule has 302 valence electrons. The number of nitrogens with zero attached hydrogens (tertiary/aromatic N) is 1. The van der Waals surface area contributed by atoms with Gasteiger partial charge in [-0.2, -0.15) is 0 Å². The zero-order valence-corrected chi connectivity index (χ0v) is 38.0. The van der Waals surface area contributed by atoms with Gasteiger partial charge in [0.2, 0.25) is 0 Å². The summed E-state index contributed by atoms with van der Waals surface area (Å²) in [5, 5.41) is 0. The smallest absolute Gasteiger partial charge is 0.263 e. The number of hydrogen-bond donors (Lipinski definition) is 0. The summed E-state index contributed by atoms with van der Waals surface area (Å²) in [6.45, 7) is 16.6. The molecule has 0 fully saturated rings. The van der Waals surface area contributed by atoms with Crippen molar-refractivity contribution in [3.8, 4) is 19.5 Å². The van der Waals surface area contributed by atoms with Crippen molar-refractivity contribution in [2.24, 2.45) is 0 Å². The van der Waals surface area contributed by atoms with Gasteiger partial charge in [0.15, 0.2) is 0 Å². The summed E-state index contributed by atoms with van der Waals surface area (Å²) in [7, 11) is 0. The number of fused-ring (bicyclic) bond motifs is 1. The molecule has 2 amide bonds. The number of aryl methyl sites for hydroxylation is 3. The lowest BCUT2D eigenvalue weighted by atomic mass is 9.85. The van der Waals surface area contributed by atoms with Gasteiger partial charge < -0.3 is 0 Å². The highest BCUT2D eigenvalue weighted by molar-refractivity contribution is 7.27. The minimum absolute atomic E-state index is 0.0629. The van der Waals surface area contributed by atoms with Gasteiger partial charge in [-0.1, -0.05) is 164 Å². The molecule has 0 aromatic carbocycles. The second-order valence-electron chi connectivity index (χ2n) is 16.9. The Kier molecular flexibility index (Phi) is 19.5. The lowest BCUT2D eigenvalue weighted by Gasteiger charge is -2.23. The van der Waals surface area contributed by atoms with Crippen LogP contribution in [0.2, 0.25) is 0 Å². The SMILES string of the molecule is CCCCCCCCCCCCc1cc(-c2cc(CCCCCCCC)c(C(C)(C)CC)s2)sc1-c1sc(C)c2c1C(=O)N(CCCCCCCC)C2=O. The molecule has 0 atom stereocenters. The van der Waals surface area contributed by atoms with Gasteiger partial charge in [-0.3, -0.25) is 14.5 Å². The molecule has 1 aliphatic rings. The van der Waals surface area contributed by atoms with Crippen LogP contribution in [-0.2, 0) is 18.3 Å². The molecule has 0 bridgehead atoms. The van der Waals surface area contributed by atoms with E-state index in [4.69, 9.17) is 0 Å². The Balaban J connectivity index is 1.59. The van der Waals surface area contributed by atoms with E-state index in [1.165, 1.54) is 149 Å². The highest BCUT2D eigenvalue weighted by Crippen LogP contribution is 2.50. The number of rotatable bonds is 29. The number of thiophene rings is 3. The number of hydrogen-bond acceptors (Lipinski definition) is 5. The molecule has 0 N–H and O–H groups in total. The molecule has 0 radical (unpaired) electrons. The van der Waals surface area contributed by atoms with Crippen LogP contribution in [0.1, 0.15) is 231 Å². The van der Waals surface area contributed by atoms with Gasteiger partial charge in [-0.05, 0) is 74.1 Å². The van der Waals surface area contributed by atoms with E-state index in [1.54, 1.807) is 26.7 Å². The molecule has 4 heterocycles. The summed E-state index contributed by atoms with van der Waals surface area (Å²) in [5.41, 5.74) is 4.43. The third-order valence-electron chi connectivity index (χ3n) is 11.9. The van der Waals surface area contributed by atoms with Crippen LogP contribution in [0.15, 0.2) is 12.1 Å². The van der Waals surface area contributed by atoms with Crippen LogP contribution < -0.4 is 0 Å². The molecule has 3 aromatic rings. The molecule has 3 nitrogen and oxygen atoms in total. The Morgan fingerprint density at radius 2 is 0.963 bits per heavy atom. The second kappa shape index (κ2) is 23.5. The number of imide groups is 1. The van der Waals surface area contributed by atoms with Crippen molar-refractivity contribution < 1.29 is 9.59 Å². The minimum atomic E-state index is -0.0689. The van der Waals surface area contributed by atoms with Gasteiger partial charge in [-0.25, -0.2) is 0 Å². The molecule has 0 unspecified atom stereocenters. The zero-order chi connectivity index (χ0) is 38.9. The Morgan fingerprint density at radius 1 is 0.519 bits per heavy atom. The van der Waals surface area contributed by atoms with Crippen molar-refractivity contribution in [1.82, 2.24) is 4.90 Å². The minimum Gasteiger partial charge on any atom is -0.274 e. The molecule has 4 rings (SSSR count). The summed E-state index contributed by atoms with van der Waals surface area (Å²) >= 11 is 5.57. The van der Waals surface area contributed by atoms with Crippen molar-refractivity contribution in [2.45, 2.75) is 214 Å². The average molecular weight is 794 g/mol. The van der Waals surface area contributed by atoms with Gasteiger partial charge >= 0.3 is 0 Å². The largest absolute Gasteiger partial charge is 0.274 e. The van der Waals surface area contributed by atoms with Crippen LogP contribution in [0.4, 0.5) is 0 Å². The fourth-order valence-corrected chi connectivity index (χ4v) is 12.1. The summed E-state index contributed by atoms with van der Waals surface area (Å²) in [5.74, 6) is -0.132. The molecule has 0 spiro atoms. The Bertz CT molecular complexity index is 1570. The van der Waals surface area contributed by atoms with Gasteiger partial charge in [-0.15, -0.1) is 34.0 Å². The van der Waals surface area contributed by atoms with E-state index in [0.717, 1.165) is 41.9 Å². The number of carbonyl (C=O) groups is 2. The van der Waals surface area contributed by atoms with Gasteiger partial charge in [0.1, 0.15) is 0 Å². The van der Waals surface area contributed by atoms with E-state index >= 15 is 0 Å². The Labute approximate surface area is 343 Å². The summed E-state index contributed by atoms with van der Waals surface area (Å²) in [4.78, 5) is 37.0. The third kappa shape index (κ3) is 12.4. The maximum atomic E-state index is 14.1. The van der Waals surface area contributed by atoms with Crippen molar-refractivity contribution in [3.05, 3.63) is 44.1 Å². The molecule has 54 heavy (non-hydrogen) atoms. The Hall–Kier alpha value is -1.76. The predicted molar refractivity (Wildman–Crippen MR) is 240 cm³/mol. The second-order valence-corrected chi connectivity index (χ2v) is 20.2. The molecular weight excluding hydrogens is 719 g/mol. The first kappa shape index (κ1) is 44.9. The van der Waals surface area contributed by atoms with E-state index in [9.17, 15) is 9.59 Å². The van der Waals surface area contributed by atoms with Gasteiger partial charge in [0.05, 0.1) is 16.0 Å². The molecule has 0 saturated carbocycles. The van der Waals surface area contributed by atoms with Gasteiger partial charge in [0.25, 0.3) is 11.8 Å². The molecule has 0 saturated heterocycles. The number of amides is 2. The first-order chi connectivity index (χ1) is 26.2. The van der Waals surface area contributed by atoms with Crippen LogP contribution in [0.3, 0.4) is 0 Å². The fourth-order valence-electron chi connectivity index (χ4n) is 8.08. The van der Waals surface area contributed by atoms with Crippen molar-refractivity contribution in [3.63, 3.8) is 0 Å². The summed E-state index contributed by atoms with van der Waals surface area (Å²) in [6, 6.07) is 4.98. The van der Waals surface area contributed by atoms with Crippen molar-refractivity contribution in [1.29, 1.82) is 0 Å². The van der Waals surface area contributed by atoms with Gasteiger partial charge in [0, 0.05) is 30.9 Å². The molecule has 6 heteroatoms. The molecule has 3 aromatic heterocycles. The van der Waals surface area contributed by atoms with E-state index in [1.807, 2.05) is 22.7 Å². The summed E-state index contributed by atoms with van der Waals surface area (Å²) in [6.07, 6.45) is 31.4. The maximum absolute atomic E-state index is 14.1. The van der Waals surface area contributed by atoms with Crippen LogP contribution in [-0.4, -0.2) is 23.3 Å². The van der Waals surface area contributed by atoms with Crippen molar-refractivity contribution >= 4 is 45.8 Å². The average Bonchev–Trinajstić information content (AvgIpc) is 3.92. The standard InChI is InChI=1S/C48H75NO2S3/c1-8-12-15-18-21-22-23-24-26-28-31-37-34-39(40-35-38(32-29-25-19-16-13-9-2)45(54-40)48(6,7)11-4)53-43(37)44-42-41(36(5)52-44)46(50)49(47(42)51)33-30-27-20-17-14-10-3/h34-35H,8-33H2,1-7H3. The van der Waals surface area contributed by atoms with Crippen LogP contribution in [0.5, 0.6) is 0 Å². The predicted octanol–water partition coefficient (Wildman–Crippen LogP) is 16.5. The van der Waals surface area contributed by atoms with E-state index in [-0.39, 0.29) is 17.2 Å². The molecule has 0 aliphatic carbocycles. The quantitative estimate of drug-likeness (QED) is 0.0518. The van der Waals surface area contributed by atoms with Crippen molar-refractivity contribution in [2.75, 3.05) is 6.54 Å².